The van der Waals surface area contributed by atoms with E-state index in [1.54, 1.807) is 12.1 Å². The van der Waals surface area contributed by atoms with Gasteiger partial charge in [0.1, 0.15) is 5.75 Å². The summed E-state index contributed by atoms with van der Waals surface area (Å²) in [6, 6.07) is 5.35. The van der Waals surface area contributed by atoms with Crippen molar-refractivity contribution in [1.82, 2.24) is 9.78 Å². The molecular weight excluding hydrogens is 312 g/mol. The minimum atomic E-state index is -0.166. The Bertz CT molecular complexity index is 707. The van der Waals surface area contributed by atoms with E-state index in [-0.39, 0.29) is 12.5 Å². The molecule has 0 aliphatic carbocycles. The smallest absolute Gasteiger partial charge is 0.284 e. The lowest BCUT2D eigenvalue weighted by Crippen LogP contribution is -2.21. The molecule has 2 aromatic rings. The van der Waals surface area contributed by atoms with Crippen LogP contribution in [0.4, 0.5) is 0 Å². The van der Waals surface area contributed by atoms with E-state index in [0.29, 0.717) is 10.8 Å². The molecular formula is C18H23ClN2O2. The van der Waals surface area contributed by atoms with Gasteiger partial charge < -0.3 is 4.74 Å². The summed E-state index contributed by atoms with van der Waals surface area (Å²) in [7, 11) is 0. The lowest BCUT2D eigenvalue weighted by atomic mass is 10.1. The molecule has 124 valence electrons. The van der Waals surface area contributed by atoms with Crippen molar-refractivity contribution < 1.29 is 9.53 Å². The molecule has 0 bridgehead atoms. The van der Waals surface area contributed by atoms with Crippen molar-refractivity contribution in [1.29, 1.82) is 0 Å². The van der Waals surface area contributed by atoms with Crippen LogP contribution in [0.5, 0.6) is 5.75 Å². The van der Waals surface area contributed by atoms with Crippen LogP contribution in [-0.4, -0.2) is 22.3 Å². The van der Waals surface area contributed by atoms with E-state index in [0.717, 1.165) is 36.2 Å². The first-order valence-corrected chi connectivity index (χ1v) is 8.29. The molecule has 23 heavy (non-hydrogen) atoms. The van der Waals surface area contributed by atoms with Gasteiger partial charge in [-0.15, -0.1) is 0 Å². The van der Waals surface area contributed by atoms with Crippen molar-refractivity contribution in [3.63, 3.8) is 0 Å². The second-order valence-corrected chi connectivity index (χ2v) is 6.17. The van der Waals surface area contributed by atoms with Crippen molar-refractivity contribution in [2.24, 2.45) is 0 Å². The number of benzene rings is 1. The number of unbranched alkanes of at least 4 members (excludes halogenated alkanes) is 1. The molecule has 1 aromatic heterocycles. The predicted molar refractivity (Wildman–Crippen MR) is 92.6 cm³/mol. The predicted octanol–water partition coefficient (Wildman–Crippen LogP) is 4.52. The molecule has 0 radical (unpaired) electrons. The third-order valence-electron chi connectivity index (χ3n) is 3.95. The summed E-state index contributed by atoms with van der Waals surface area (Å²) in [5, 5.41) is 5.06. The van der Waals surface area contributed by atoms with Gasteiger partial charge >= 0.3 is 0 Å². The summed E-state index contributed by atoms with van der Waals surface area (Å²) >= 11 is 5.99. The molecule has 0 spiro atoms. The van der Waals surface area contributed by atoms with Gasteiger partial charge in [0.15, 0.2) is 6.61 Å². The van der Waals surface area contributed by atoms with Crippen molar-refractivity contribution in [3.8, 4) is 5.75 Å². The van der Waals surface area contributed by atoms with Crippen LogP contribution >= 0.6 is 11.6 Å². The van der Waals surface area contributed by atoms with E-state index in [1.807, 2.05) is 26.8 Å². The Morgan fingerprint density at radius 3 is 2.70 bits per heavy atom. The van der Waals surface area contributed by atoms with Crippen molar-refractivity contribution in [2.75, 3.05) is 6.61 Å². The average molecular weight is 335 g/mol. The van der Waals surface area contributed by atoms with Gasteiger partial charge in [-0.3, -0.25) is 4.79 Å². The van der Waals surface area contributed by atoms with Gasteiger partial charge in [-0.1, -0.05) is 24.9 Å². The maximum Gasteiger partial charge on any atom is 0.284 e. The largest absolute Gasteiger partial charge is 0.484 e. The van der Waals surface area contributed by atoms with Crippen molar-refractivity contribution in [3.05, 3.63) is 45.7 Å². The number of aromatic nitrogens is 2. The van der Waals surface area contributed by atoms with E-state index in [9.17, 15) is 4.79 Å². The van der Waals surface area contributed by atoms with Gasteiger partial charge in [0.05, 0.1) is 5.69 Å². The molecule has 0 saturated heterocycles. The maximum absolute atomic E-state index is 12.4. The topological polar surface area (TPSA) is 44.1 Å². The van der Waals surface area contributed by atoms with Crippen LogP contribution in [0.15, 0.2) is 18.2 Å². The van der Waals surface area contributed by atoms with Gasteiger partial charge in [-0.05, 0) is 62.9 Å². The van der Waals surface area contributed by atoms with Crippen molar-refractivity contribution in [2.45, 2.75) is 47.0 Å². The van der Waals surface area contributed by atoms with Crippen LogP contribution in [0.1, 0.15) is 47.1 Å². The molecule has 0 aliphatic rings. The molecule has 0 fully saturated rings. The number of hydrogen-bond acceptors (Lipinski definition) is 3. The Hall–Kier alpha value is -1.81. The molecule has 0 saturated carbocycles. The highest BCUT2D eigenvalue weighted by molar-refractivity contribution is 6.31. The lowest BCUT2D eigenvalue weighted by molar-refractivity contribution is 0.0818. The molecule has 0 N–H and O–H groups in total. The number of ether oxygens (including phenoxy) is 1. The number of nitrogens with zero attached hydrogens (tertiary/aromatic N) is 2. The third kappa shape index (κ3) is 4.14. The molecule has 4 nitrogen and oxygen atoms in total. The van der Waals surface area contributed by atoms with Crippen molar-refractivity contribution >= 4 is 17.5 Å². The van der Waals surface area contributed by atoms with Gasteiger partial charge in [0, 0.05) is 10.7 Å². The zero-order valence-electron chi connectivity index (χ0n) is 14.1. The standard InChI is InChI=1S/C18H23ClN2O2/c1-5-6-7-16-13(3)20-21(14(16)4)18(22)11-23-15-8-9-17(19)12(2)10-15/h8-10H,5-7,11H2,1-4H3. The fourth-order valence-corrected chi connectivity index (χ4v) is 2.66. The first-order chi connectivity index (χ1) is 10.9. The Balaban J connectivity index is 2.07. The first-order valence-electron chi connectivity index (χ1n) is 7.91. The zero-order chi connectivity index (χ0) is 17.0. The molecule has 1 heterocycles. The first kappa shape index (κ1) is 17.5. The molecule has 0 unspecified atom stereocenters. The summed E-state index contributed by atoms with van der Waals surface area (Å²) in [5.41, 5.74) is 3.93. The minimum absolute atomic E-state index is 0.0454. The molecule has 1 aromatic carbocycles. The Kier molecular flexibility index (Phi) is 5.83. The summed E-state index contributed by atoms with van der Waals surface area (Å²) in [6.07, 6.45) is 3.18. The Labute approximate surface area is 142 Å². The van der Waals surface area contributed by atoms with Crippen LogP contribution in [0.3, 0.4) is 0 Å². The fourth-order valence-electron chi connectivity index (χ4n) is 2.55. The highest BCUT2D eigenvalue weighted by atomic mass is 35.5. The van der Waals surface area contributed by atoms with E-state index < -0.39 is 0 Å². The number of halogens is 1. The molecule has 0 aliphatic heterocycles. The van der Waals surface area contributed by atoms with E-state index >= 15 is 0 Å². The number of carbonyl (C=O) groups is 1. The molecule has 2 rings (SSSR count). The maximum atomic E-state index is 12.4. The molecule has 0 amide bonds. The highest BCUT2D eigenvalue weighted by Gasteiger charge is 2.16. The minimum Gasteiger partial charge on any atom is -0.484 e. The fraction of sp³-hybridized carbons (Fsp3) is 0.444. The molecule has 5 heteroatoms. The van der Waals surface area contributed by atoms with Gasteiger partial charge in [0.25, 0.3) is 5.91 Å². The number of rotatable bonds is 6. The molecule has 0 atom stereocenters. The van der Waals surface area contributed by atoms with E-state index in [2.05, 4.69) is 12.0 Å². The summed E-state index contributed by atoms with van der Waals surface area (Å²) < 4.78 is 7.04. The van der Waals surface area contributed by atoms with Gasteiger partial charge in [0.2, 0.25) is 0 Å². The Morgan fingerprint density at radius 2 is 2.04 bits per heavy atom. The zero-order valence-corrected chi connectivity index (χ0v) is 14.9. The van der Waals surface area contributed by atoms with E-state index in [4.69, 9.17) is 16.3 Å². The average Bonchev–Trinajstić information content (AvgIpc) is 2.81. The van der Waals surface area contributed by atoms with Crippen LogP contribution in [0.25, 0.3) is 0 Å². The van der Waals surface area contributed by atoms with E-state index in [1.165, 1.54) is 10.2 Å². The number of aryl methyl sites for hydroxylation is 2. The summed E-state index contributed by atoms with van der Waals surface area (Å²) in [6.45, 7) is 7.90. The summed E-state index contributed by atoms with van der Waals surface area (Å²) in [5.74, 6) is 0.467. The van der Waals surface area contributed by atoms with Gasteiger partial charge in [-0.25, -0.2) is 4.68 Å². The van der Waals surface area contributed by atoms with Crippen LogP contribution in [0, 0.1) is 20.8 Å². The normalized spacial score (nSPS) is 10.8. The number of carbonyl (C=O) groups excluding carboxylic acids is 1. The van der Waals surface area contributed by atoms with Gasteiger partial charge in [-0.2, -0.15) is 5.10 Å². The van der Waals surface area contributed by atoms with Crippen LogP contribution in [-0.2, 0) is 6.42 Å². The number of hydrogen-bond donors (Lipinski definition) is 0. The van der Waals surface area contributed by atoms with Crippen LogP contribution < -0.4 is 4.74 Å². The van der Waals surface area contributed by atoms with Crippen LogP contribution in [0.2, 0.25) is 5.02 Å². The SMILES string of the molecule is CCCCc1c(C)nn(C(=O)COc2ccc(Cl)c(C)c2)c1C. The summed E-state index contributed by atoms with van der Waals surface area (Å²) in [4.78, 5) is 12.4. The highest BCUT2D eigenvalue weighted by Crippen LogP contribution is 2.21. The second kappa shape index (κ2) is 7.64. The third-order valence-corrected chi connectivity index (χ3v) is 4.37. The second-order valence-electron chi connectivity index (χ2n) is 5.76. The monoisotopic (exact) mass is 334 g/mol. The lowest BCUT2D eigenvalue weighted by Gasteiger charge is -2.08. The Morgan fingerprint density at radius 1 is 1.30 bits per heavy atom. The quantitative estimate of drug-likeness (QED) is 0.780.